The van der Waals surface area contributed by atoms with Crippen molar-refractivity contribution in [1.29, 1.82) is 0 Å². The van der Waals surface area contributed by atoms with Gasteiger partial charge in [0, 0.05) is 18.4 Å². The van der Waals surface area contributed by atoms with Crippen LogP contribution < -0.4 is 10.6 Å². The van der Waals surface area contributed by atoms with Crippen LogP contribution in [0.3, 0.4) is 0 Å². The highest BCUT2D eigenvalue weighted by molar-refractivity contribution is 6.03. The molecule has 0 aliphatic heterocycles. The highest BCUT2D eigenvalue weighted by Crippen LogP contribution is 2.27. The molecule has 6 heteroatoms. The first-order valence-corrected chi connectivity index (χ1v) is 9.66. The summed E-state index contributed by atoms with van der Waals surface area (Å²) in [5, 5.41) is 6.11. The summed E-state index contributed by atoms with van der Waals surface area (Å²) in [6.07, 6.45) is 2.25. The molecule has 0 spiro atoms. The molecular formula is C23H25FN4O. The molecule has 1 aromatic heterocycles. The van der Waals surface area contributed by atoms with Crippen molar-refractivity contribution < 1.29 is 9.18 Å². The van der Waals surface area contributed by atoms with E-state index in [2.05, 4.69) is 34.4 Å². The average molecular weight is 392 g/mol. The van der Waals surface area contributed by atoms with Gasteiger partial charge in [-0.3, -0.25) is 4.79 Å². The van der Waals surface area contributed by atoms with Gasteiger partial charge >= 0.3 is 0 Å². The number of carbonyl (C=O) groups is 1. The number of para-hydroxylation sites is 1. The van der Waals surface area contributed by atoms with Crippen LogP contribution in [0.1, 0.15) is 46.9 Å². The molecule has 0 saturated heterocycles. The number of hydrogen-bond donors (Lipinski definition) is 2. The van der Waals surface area contributed by atoms with E-state index in [1.807, 2.05) is 25.1 Å². The zero-order valence-corrected chi connectivity index (χ0v) is 16.9. The van der Waals surface area contributed by atoms with E-state index < -0.39 is 0 Å². The van der Waals surface area contributed by atoms with E-state index in [4.69, 9.17) is 0 Å². The predicted molar refractivity (Wildman–Crippen MR) is 114 cm³/mol. The Morgan fingerprint density at radius 3 is 2.59 bits per heavy atom. The maximum atomic E-state index is 13.0. The molecule has 29 heavy (non-hydrogen) atoms. The number of halogens is 1. The van der Waals surface area contributed by atoms with Gasteiger partial charge in [0.15, 0.2) is 0 Å². The molecule has 0 saturated carbocycles. The second-order valence-electron chi connectivity index (χ2n) is 7.22. The lowest BCUT2D eigenvalue weighted by Gasteiger charge is -2.16. The fraction of sp³-hybridized carbons (Fsp3) is 0.261. The third-order valence-electron chi connectivity index (χ3n) is 4.66. The Morgan fingerprint density at radius 1 is 1.10 bits per heavy atom. The number of amides is 1. The van der Waals surface area contributed by atoms with Crippen LogP contribution in [-0.4, -0.2) is 22.4 Å². The number of aromatic nitrogens is 2. The Labute approximate surface area is 170 Å². The Kier molecular flexibility index (Phi) is 6.54. The predicted octanol–water partition coefficient (Wildman–Crippen LogP) is 4.95. The number of anilines is 2. The second kappa shape index (κ2) is 9.28. The van der Waals surface area contributed by atoms with Crippen molar-refractivity contribution in [3.05, 3.63) is 82.9 Å². The molecule has 150 valence electrons. The zero-order chi connectivity index (χ0) is 20.8. The smallest absolute Gasteiger partial charge is 0.274 e. The van der Waals surface area contributed by atoms with Gasteiger partial charge in [0.2, 0.25) is 5.95 Å². The van der Waals surface area contributed by atoms with Crippen molar-refractivity contribution in [2.45, 2.75) is 33.1 Å². The van der Waals surface area contributed by atoms with Gasteiger partial charge in [-0.1, -0.05) is 44.2 Å². The number of nitrogens with zero attached hydrogens (tertiary/aromatic N) is 2. The van der Waals surface area contributed by atoms with Crippen molar-refractivity contribution in [2.24, 2.45) is 0 Å². The van der Waals surface area contributed by atoms with Crippen LogP contribution in [0.5, 0.6) is 0 Å². The second-order valence-corrected chi connectivity index (χ2v) is 7.22. The Balaban J connectivity index is 1.66. The van der Waals surface area contributed by atoms with Gasteiger partial charge in [-0.2, -0.15) is 0 Å². The van der Waals surface area contributed by atoms with Crippen molar-refractivity contribution in [1.82, 2.24) is 9.97 Å². The molecule has 2 N–H and O–H groups in total. The number of benzene rings is 2. The number of carbonyl (C=O) groups excluding carboxylic acids is 1. The van der Waals surface area contributed by atoms with Crippen molar-refractivity contribution in [3.63, 3.8) is 0 Å². The maximum absolute atomic E-state index is 13.0. The van der Waals surface area contributed by atoms with E-state index in [0.717, 1.165) is 22.4 Å². The summed E-state index contributed by atoms with van der Waals surface area (Å²) in [6.45, 7) is 6.74. The quantitative estimate of drug-likeness (QED) is 0.597. The summed E-state index contributed by atoms with van der Waals surface area (Å²) in [5.74, 6) is 0.149. The molecule has 0 fully saturated rings. The summed E-state index contributed by atoms with van der Waals surface area (Å²) in [6, 6.07) is 14.0. The minimum absolute atomic E-state index is 0.252. The average Bonchev–Trinajstić information content (AvgIpc) is 2.71. The third kappa shape index (κ3) is 5.38. The summed E-state index contributed by atoms with van der Waals surface area (Å²) in [7, 11) is 0. The van der Waals surface area contributed by atoms with E-state index in [1.165, 1.54) is 12.1 Å². The number of nitrogens with one attached hydrogen (secondary N) is 2. The van der Waals surface area contributed by atoms with Crippen LogP contribution in [0.4, 0.5) is 16.0 Å². The molecular weight excluding hydrogens is 367 g/mol. The lowest BCUT2D eigenvalue weighted by atomic mass is 9.98. The minimum Gasteiger partial charge on any atom is -0.354 e. The molecule has 0 aliphatic carbocycles. The molecule has 0 unspecified atom stereocenters. The normalized spacial score (nSPS) is 10.8. The molecule has 2 aromatic carbocycles. The van der Waals surface area contributed by atoms with E-state index >= 15 is 0 Å². The molecule has 0 aliphatic rings. The van der Waals surface area contributed by atoms with Crippen LogP contribution in [0, 0.1) is 12.7 Å². The first kappa shape index (κ1) is 20.5. The third-order valence-corrected chi connectivity index (χ3v) is 4.66. The highest BCUT2D eigenvalue weighted by Gasteiger charge is 2.15. The van der Waals surface area contributed by atoms with Crippen LogP contribution in [-0.2, 0) is 6.42 Å². The Morgan fingerprint density at radius 2 is 1.86 bits per heavy atom. The first-order chi connectivity index (χ1) is 13.9. The van der Waals surface area contributed by atoms with E-state index in [1.54, 1.807) is 24.4 Å². The van der Waals surface area contributed by atoms with Crippen LogP contribution in [0.2, 0.25) is 0 Å². The standard InChI is InChI=1S/C23H25FN4O/c1-15(2)19-6-4-5-16(3)21(19)28-22(29)20-12-14-26-23(27-20)25-13-11-17-7-9-18(24)10-8-17/h4-10,12,14-15H,11,13H2,1-3H3,(H,28,29)(H,25,26,27). The fourth-order valence-corrected chi connectivity index (χ4v) is 3.06. The number of hydrogen-bond acceptors (Lipinski definition) is 4. The summed E-state index contributed by atoms with van der Waals surface area (Å²) in [5.41, 5.74) is 4.23. The van der Waals surface area contributed by atoms with Gasteiger partial charge in [-0.15, -0.1) is 0 Å². The number of aryl methyl sites for hydroxylation is 1. The monoisotopic (exact) mass is 392 g/mol. The van der Waals surface area contributed by atoms with Crippen molar-refractivity contribution >= 4 is 17.5 Å². The summed E-state index contributed by atoms with van der Waals surface area (Å²) < 4.78 is 13.0. The van der Waals surface area contributed by atoms with Crippen LogP contribution >= 0.6 is 0 Å². The van der Waals surface area contributed by atoms with Crippen LogP contribution in [0.15, 0.2) is 54.7 Å². The largest absolute Gasteiger partial charge is 0.354 e. The maximum Gasteiger partial charge on any atom is 0.274 e. The molecule has 5 nitrogen and oxygen atoms in total. The molecule has 0 bridgehead atoms. The van der Waals surface area contributed by atoms with Gasteiger partial charge in [0.25, 0.3) is 5.91 Å². The summed E-state index contributed by atoms with van der Waals surface area (Å²) in [4.78, 5) is 21.3. The molecule has 3 rings (SSSR count). The summed E-state index contributed by atoms with van der Waals surface area (Å²) >= 11 is 0. The lowest BCUT2D eigenvalue weighted by Crippen LogP contribution is -2.17. The van der Waals surface area contributed by atoms with Gasteiger partial charge in [-0.05, 0) is 54.2 Å². The van der Waals surface area contributed by atoms with Crippen molar-refractivity contribution in [2.75, 3.05) is 17.2 Å². The molecule has 0 atom stereocenters. The molecule has 3 aromatic rings. The van der Waals surface area contributed by atoms with E-state index in [0.29, 0.717) is 30.5 Å². The van der Waals surface area contributed by atoms with Gasteiger partial charge in [-0.25, -0.2) is 14.4 Å². The van der Waals surface area contributed by atoms with E-state index in [9.17, 15) is 9.18 Å². The topological polar surface area (TPSA) is 66.9 Å². The zero-order valence-electron chi connectivity index (χ0n) is 16.9. The molecule has 0 radical (unpaired) electrons. The number of rotatable bonds is 7. The minimum atomic E-state index is -0.273. The van der Waals surface area contributed by atoms with Gasteiger partial charge in [0.05, 0.1) is 0 Å². The molecule has 1 heterocycles. The first-order valence-electron chi connectivity index (χ1n) is 9.66. The lowest BCUT2D eigenvalue weighted by molar-refractivity contribution is 0.102. The van der Waals surface area contributed by atoms with Gasteiger partial charge in [0.1, 0.15) is 11.5 Å². The van der Waals surface area contributed by atoms with E-state index in [-0.39, 0.29) is 11.7 Å². The van der Waals surface area contributed by atoms with Crippen LogP contribution in [0.25, 0.3) is 0 Å². The van der Waals surface area contributed by atoms with Gasteiger partial charge < -0.3 is 10.6 Å². The molecule has 1 amide bonds. The Bertz CT molecular complexity index is 986. The SMILES string of the molecule is Cc1cccc(C(C)C)c1NC(=O)c1ccnc(NCCc2ccc(F)cc2)n1. The fourth-order valence-electron chi connectivity index (χ4n) is 3.06. The Hall–Kier alpha value is -3.28. The highest BCUT2D eigenvalue weighted by atomic mass is 19.1. The van der Waals surface area contributed by atoms with Crippen molar-refractivity contribution in [3.8, 4) is 0 Å².